The van der Waals surface area contributed by atoms with Gasteiger partial charge in [-0.1, -0.05) is 0 Å². The Labute approximate surface area is 125 Å². The molecular weight excluding hydrogens is 280 g/mol. The lowest BCUT2D eigenvalue weighted by Crippen LogP contribution is -2.19. The molecule has 0 spiro atoms. The van der Waals surface area contributed by atoms with Gasteiger partial charge in [-0.15, -0.1) is 0 Å². The molecule has 0 aliphatic rings. The lowest BCUT2D eigenvalue weighted by Gasteiger charge is -2.15. The molecule has 100 valence electrons. The van der Waals surface area contributed by atoms with Gasteiger partial charge >= 0.3 is 0 Å². The molecule has 0 radical (unpaired) electrons. The van der Waals surface area contributed by atoms with Crippen molar-refractivity contribution in [2.24, 2.45) is 11.8 Å². The Morgan fingerprint density at radius 3 is 1.50 bits per heavy atom. The van der Waals surface area contributed by atoms with Gasteiger partial charge in [-0.3, -0.25) is 10.8 Å². The first-order chi connectivity index (χ1) is 10.6. The normalized spacial score (nSPS) is 10.1. The molecular formula is C14H4N8. The third kappa shape index (κ3) is 3.32. The van der Waals surface area contributed by atoms with Gasteiger partial charge in [-0.05, 0) is 11.7 Å². The van der Waals surface area contributed by atoms with Crippen LogP contribution in [0, 0.1) is 90.6 Å². The summed E-state index contributed by atoms with van der Waals surface area (Å²) in [6.45, 7) is 0. The number of nitrogens with zero attached hydrogens (tertiary/aromatic N) is 6. The van der Waals surface area contributed by atoms with Crippen molar-refractivity contribution in [3.8, 4) is 36.4 Å². The zero-order valence-corrected chi connectivity index (χ0v) is 10.8. The predicted molar refractivity (Wildman–Crippen MR) is 70.2 cm³/mol. The van der Waals surface area contributed by atoms with Crippen LogP contribution in [-0.2, 0) is 0 Å². The first kappa shape index (κ1) is 17.6. The van der Waals surface area contributed by atoms with Crippen LogP contribution in [-0.4, -0.2) is 11.7 Å². The average Bonchev–Trinajstić information content (AvgIpc) is 2.56. The summed E-state index contributed by atoms with van der Waals surface area (Å²) < 4.78 is 0. The summed E-state index contributed by atoms with van der Waals surface area (Å²) >= 11 is 0. The van der Waals surface area contributed by atoms with Gasteiger partial charge in [0.05, 0.1) is 18.1 Å². The monoisotopic (exact) mass is 284 g/mol. The fourth-order valence-electron chi connectivity index (χ4n) is 1.52. The summed E-state index contributed by atoms with van der Waals surface area (Å²) in [7, 11) is 0. The van der Waals surface area contributed by atoms with Crippen LogP contribution >= 0.6 is 0 Å². The van der Waals surface area contributed by atoms with Crippen molar-refractivity contribution in [1.82, 2.24) is 0 Å². The Kier molecular flexibility index (Phi) is 6.91. The summed E-state index contributed by atoms with van der Waals surface area (Å²) in [4.78, 5) is 0. The third-order valence-corrected chi connectivity index (χ3v) is 2.49. The molecule has 2 N–H and O–H groups in total. The number of nitriles is 6. The van der Waals surface area contributed by atoms with Gasteiger partial charge in [0.2, 0.25) is 0 Å². The Morgan fingerprint density at radius 2 is 1.23 bits per heavy atom. The molecule has 0 aliphatic carbocycles. The number of nitrogens with one attached hydrogen (secondary N) is 2. The largest absolute Gasteiger partial charge is 0.258 e. The highest BCUT2D eigenvalue weighted by atomic mass is 14.4. The molecule has 0 aliphatic heterocycles. The predicted octanol–water partition coefficient (Wildman–Crippen LogP) is 1.01. The van der Waals surface area contributed by atoms with E-state index in [0.717, 1.165) is 0 Å². The lowest BCUT2D eigenvalue weighted by atomic mass is 9.79. The molecule has 0 fully saturated rings. The molecule has 0 amide bonds. The van der Waals surface area contributed by atoms with E-state index in [1.165, 1.54) is 24.3 Å². The van der Waals surface area contributed by atoms with Gasteiger partial charge < -0.3 is 0 Å². The van der Waals surface area contributed by atoms with Crippen LogP contribution < -0.4 is 0 Å². The van der Waals surface area contributed by atoms with Crippen molar-refractivity contribution in [3.63, 3.8) is 0 Å². The molecule has 0 heterocycles. The number of rotatable bonds is 4. The number of hydrogen-bond donors (Lipinski definition) is 2. The second-order valence-electron chi connectivity index (χ2n) is 3.49. The van der Waals surface area contributed by atoms with Crippen LogP contribution in [0.2, 0.25) is 0 Å². The molecule has 8 heteroatoms. The fraction of sp³-hybridized carbons (Fsp3) is 0.143. The molecule has 22 heavy (non-hydrogen) atoms. The van der Waals surface area contributed by atoms with Gasteiger partial charge in [0.1, 0.15) is 46.9 Å². The van der Waals surface area contributed by atoms with Crippen LogP contribution in [0.1, 0.15) is 0 Å². The minimum atomic E-state index is -1.57. The Bertz CT molecular complexity index is 850. The third-order valence-electron chi connectivity index (χ3n) is 2.49. The van der Waals surface area contributed by atoms with Crippen LogP contribution in [0.25, 0.3) is 0 Å². The minimum Gasteiger partial charge on any atom is -0.258 e. The van der Waals surface area contributed by atoms with Crippen molar-refractivity contribution in [2.75, 3.05) is 0 Å². The van der Waals surface area contributed by atoms with Gasteiger partial charge in [0.25, 0.3) is 0 Å². The molecule has 2 atom stereocenters. The number of allylic oxidation sites excluding steroid dienone is 4. The van der Waals surface area contributed by atoms with Gasteiger partial charge in [-0.25, -0.2) is 0 Å². The molecule has 0 aromatic heterocycles. The van der Waals surface area contributed by atoms with E-state index in [1.807, 2.05) is 0 Å². The van der Waals surface area contributed by atoms with Crippen molar-refractivity contribution >= 4 is 11.7 Å². The quantitative estimate of drug-likeness (QED) is 0.439. The molecule has 0 saturated heterocycles. The smallest absolute Gasteiger partial charge is 0.136 e. The second kappa shape index (κ2) is 8.64. The van der Waals surface area contributed by atoms with E-state index >= 15 is 0 Å². The SMILES string of the molecule is N#CC(=C=N)C(=C(C#N)C#N)C(C#N)C(C#N)C(=C=N)C#N. The zero-order chi connectivity index (χ0) is 17.1. The standard InChI is InChI=1S/C14H4N8/c15-1-9(2-16)12(7-21)13(8-22)14(10(3-17)4-18)11(5-19)6-20/h12-13,15,17H. The molecule has 0 rings (SSSR count). The second-order valence-corrected chi connectivity index (χ2v) is 3.49. The van der Waals surface area contributed by atoms with Gasteiger partial charge in [-0.2, -0.15) is 31.6 Å². The molecule has 0 bridgehead atoms. The summed E-state index contributed by atoms with van der Waals surface area (Å²) in [5, 5.41) is 68.0. The van der Waals surface area contributed by atoms with Crippen molar-refractivity contribution < 1.29 is 0 Å². The first-order valence-electron chi connectivity index (χ1n) is 5.33. The Hall–Kier alpha value is -4.42. The molecule has 0 aromatic rings. The van der Waals surface area contributed by atoms with E-state index in [0.29, 0.717) is 0 Å². The van der Waals surface area contributed by atoms with E-state index in [2.05, 4.69) is 0 Å². The summed E-state index contributed by atoms with van der Waals surface area (Å²) in [6, 6.07) is 9.21. The summed E-state index contributed by atoms with van der Waals surface area (Å²) in [6.07, 6.45) is 0. The van der Waals surface area contributed by atoms with Crippen molar-refractivity contribution in [1.29, 1.82) is 42.4 Å². The van der Waals surface area contributed by atoms with Crippen LogP contribution in [0.5, 0.6) is 0 Å². The average molecular weight is 284 g/mol. The minimum absolute atomic E-state index is 0.473. The van der Waals surface area contributed by atoms with E-state index < -0.39 is 34.1 Å². The Morgan fingerprint density at radius 1 is 0.682 bits per heavy atom. The maximum absolute atomic E-state index is 9.24. The number of hydrogen-bond acceptors (Lipinski definition) is 8. The molecule has 0 aromatic carbocycles. The van der Waals surface area contributed by atoms with E-state index in [9.17, 15) is 5.26 Å². The van der Waals surface area contributed by atoms with Crippen molar-refractivity contribution in [3.05, 3.63) is 22.3 Å². The summed E-state index contributed by atoms with van der Waals surface area (Å²) in [5.74, 6) is 0.314. The maximum atomic E-state index is 9.24. The van der Waals surface area contributed by atoms with Crippen LogP contribution in [0.3, 0.4) is 0 Å². The maximum Gasteiger partial charge on any atom is 0.136 e. The molecule has 8 nitrogen and oxygen atoms in total. The highest BCUT2D eigenvalue weighted by Crippen LogP contribution is 2.31. The summed E-state index contributed by atoms with van der Waals surface area (Å²) in [5.41, 5.74) is -2.19. The van der Waals surface area contributed by atoms with Crippen LogP contribution in [0.4, 0.5) is 0 Å². The van der Waals surface area contributed by atoms with Crippen LogP contribution in [0.15, 0.2) is 22.3 Å². The molecule has 0 saturated carbocycles. The highest BCUT2D eigenvalue weighted by molar-refractivity contribution is 5.73. The first-order valence-corrected chi connectivity index (χ1v) is 5.33. The van der Waals surface area contributed by atoms with E-state index in [-0.39, 0.29) is 0 Å². The topological polar surface area (TPSA) is 190 Å². The fourth-order valence-corrected chi connectivity index (χ4v) is 1.52. The zero-order valence-electron chi connectivity index (χ0n) is 10.8. The van der Waals surface area contributed by atoms with Gasteiger partial charge in [0, 0.05) is 5.57 Å². The Balaban J connectivity index is 6.74. The molecule has 2 unspecified atom stereocenters. The lowest BCUT2D eigenvalue weighted by molar-refractivity contribution is 0.656. The van der Waals surface area contributed by atoms with E-state index in [1.54, 1.807) is 23.9 Å². The highest BCUT2D eigenvalue weighted by Gasteiger charge is 2.33. The van der Waals surface area contributed by atoms with E-state index in [4.69, 9.17) is 37.1 Å². The van der Waals surface area contributed by atoms with Crippen molar-refractivity contribution in [2.45, 2.75) is 0 Å². The van der Waals surface area contributed by atoms with Gasteiger partial charge in [0.15, 0.2) is 0 Å².